The Kier molecular flexibility index (Phi) is 5.51. The summed E-state index contributed by atoms with van der Waals surface area (Å²) < 4.78 is 2.38. The number of rotatable bonds is 5. The second-order valence-electron chi connectivity index (χ2n) is 7.92. The van der Waals surface area contributed by atoms with Crippen LogP contribution < -0.4 is 4.90 Å². The molecule has 0 spiro atoms. The molecule has 4 aromatic rings. The van der Waals surface area contributed by atoms with Crippen molar-refractivity contribution in [2.24, 2.45) is 5.11 Å². The summed E-state index contributed by atoms with van der Waals surface area (Å²) in [5, 5.41) is 17.3. The number of aromatic nitrogens is 2. The van der Waals surface area contributed by atoms with Gasteiger partial charge in [0, 0.05) is 58.3 Å². The number of hydrogen-bond acceptors (Lipinski definition) is 5. The van der Waals surface area contributed by atoms with Crippen molar-refractivity contribution in [3.8, 4) is 17.2 Å². The van der Waals surface area contributed by atoms with E-state index in [9.17, 15) is 5.26 Å². The van der Waals surface area contributed by atoms with Crippen LogP contribution in [0.25, 0.3) is 32.5 Å². The normalized spacial score (nSPS) is 14.3. The highest BCUT2D eigenvalue weighted by Crippen LogP contribution is 2.37. The first-order valence-electron chi connectivity index (χ1n) is 10.6. The van der Waals surface area contributed by atoms with Gasteiger partial charge in [0.1, 0.15) is 0 Å². The fourth-order valence-electron chi connectivity index (χ4n) is 4.50. The third kappa shape index (κ3) is 3.80. The van der Waals surface area contributed by atoms with Crippen LogP contribution in [0.4, 0.5) is 5.13 Å². The van der Waals surface area contributed by atoms with Crippen molar-refractivity contribution in [2.75, 3.05) is 18.0 Å². The molecule has 8 heteroatoms. The van der Waals surface area contributed by atoms with Crippen LogP contribution in [-0.2, 0) is 6.54 Å². The molecular formula is C24H21N7S. The summed E-state index contributed by atoms with van der Waals surface area (Å²) in [5.41, 5.74) is 13.7. The van der Waals surface area contributed by atoms with Gasteiger partial charge in [-0.25, -0.2) is 4.98 Å². The molecule has 32 heavy (non-hydrogen) atoms. The Balaban J connectivity index is 1.54. The van der Waals surface area contributed by atoms with Gasteiger partial charge in [0.15, 0.2) is 5.13 Å². The van der Waals surface area contributed by atoms with Gasteiger partial charge in [-0.3, -0.25) is 0 Å². The topological polar surface area (TPSA) is 93.6 Å². The van der Waals surface area contributed by atoms with Gasteiger partial charge in [-0.15, -0.1) is 11.3 Å². The number of nitriles is 1. The lowest BCUT2D eigenvalue weighted by molar-refractivity contribution is 0.405. The van der Waals surface area contributed by atoms with Crippen LogP contribution >= 0.6 is 11.3 Å². The van der Waals surface area contributed by atoms with E-state index in [0.29, 0.717) is 18.2 Å². The molecule has 0 N–H and O–H groups in total. The summed E-state index contributed by atoms with van der Waals surface area (Å²) >= 11 is 1.69. The molecule has 0 amide bonds. The van der Waals surface area contributed by atoms with Crippen LogP contribution in [0.15, 0.2) is 65.4 Å². The molecule has 3 heterocycles. The molecule has 5 rings (SSSR count). The molecule has 1 aliphatic heterocycles. The minimum atomic E-state index is 0.333. The van der Waals surface area contributed by atoms with Crippen molar-refractivity contribution in [2.45, 2.75) is 25.4 Å². The zero-order chi connectivity index (χ0) is 21.9. The zero-order valence-corrected chi connectivity index (χ0v) is 18.2. The fraction of sp³-hybridized carbons (Fsp3) is 0.250. The molecule has 0 aliphatic carbocycles. The van der Waals surface area contributed by atoms with E-state index in [1.54, 1.807) is 11.3 Å². The Morgan fingerprint density at radius 1 is 1.22 bits per heavy atom. The molecule has 1 aliphatic rings. The maximum atomic E-state index is 9.35. The van der Waals surface area contributed by atoms with Gasteiger partial charge in [0.2, 0.25) is 0 Å². The first kappa shape index (κ1) is 20.1. The molecule has 2 aromatic carbocycles. The number of thiazole rings is 1. The highest BCUT2D eigenvalue weighted by Gasteiger charge is 2.24. The van der Waals surface area contributed by atoms with Crippen molar-refractivity contribution < 1.29 is 0 Å². The van der Waals surface area contributed by atoms with Crippen LogP contribution in [0, 0.1) is 11.3 Å². The summed E-state index contributed by atoms with van der Waals surface area (Å²) in [5.74, 6) is 0. The molecule has 0 atom stereocenters. The maximum absolute atomic E-state index is 9.35. The molecule has 7 nitrogen and oxygen atoms in total. The highest BCUT2D eigenvalue weighted by molar-refractivity contribution is 7.13. The van der Waals surface area contributed by atoms with Crippen LogP contribution in [0.1, 0.15) is 30.0 Å². The van der Waals surface area contributed by atoms with E-state index in [1.165, 1.54) is 0 Å². The van der Waals surface area contributed by atoms with E-state index >= 15 is 0 Å². The molecular weight excluding hydrogens is 418 g/mol. The Hall–Kier alpha value is -3.79. The van der Waals surface area contributed by atoms with E-state index in [-0.39, 0.29) is 0 Å². The van der Waals surface area contributed by atoms with E-state index in [4.69, 9.17) is 5.53 Å². The van der Waals surface area contributed by atoms with Crippen LogP contribution in [0.3, 0.4) is 0 Å². The second-order valence-corrected chi connectivity index (χ2v) is 8.79. The number of azide groups is 1. The van der Waals surface area contributed by atoms with Gasteiger partial charge in [-0.05, 0) is 47.7 Å². The molecule has 2 aromatic heterocycles. The molecule has 0 saturated carbocycles. The van der Waals surface area contributed by atoms with E-state index < -0.39 is 0 Å². The summed E-state index contributed by atoms with van der Waals surface area (Å²) in [7, 11) is 0. The number of benzene rings is 2. The Morgan fingerprint density at radius 2 is 2.09 bits per heavy atom. The third-order valence-corrected chi connectivity index (χ3v) is 6.90. The minimum Gasteiger partial charge on any atom is -0.348 e. The lowest BCUT2D eigenvalue weighted by Crippen LogP contribution is -2.34. The van der Waals surface area contributed by atoms with Gasteiger partial charge in [-0.1, -0.05) is 29.4 Å². The van der Waals surface area contributed by atoms with Gasteiger partial charge in [-0.2, -0.15) is 5.26 Å². The number of hydrogen-bond donors (Lipinski definition) is 0. The second kappa shape index (κ2) is 8.75. The summed E-state index contributed by atoms with van der Waals surface area (Å²) in [6, 6.07) is 16.6. The average molecular weight is 440 g/mol. The Morgan fingerprint density at radius 3 is 2.84 bits per heavy atom. The fourth-order valence-corrected chi connectivity index (χ4v) is 5.20. The first-order chi connectivity index (χ1) is 15.8. The quantitative estimate of drug-likeness (QED) is 0.208. The number of nitrogens with zero attached hydrogens (tertiary/aromatic N) is 7. The van der Waals surface area contributed by atoms with Crippen molar-refractivity contribution in [3.63, 3.8) is 0 Å². The highest BCUT2D eigenvalue weighted by atomic mass is 32.1. The average Bonchev–Trinajstić information content (AvgIpc) is 3.51. The predicted molar refractivity (Wildman–Crippen MR) is 128 cm³/mol. The third-order valence-electron chi connectivity index (χ3n) is 6.07. The summed E-state index contributed by atoms with van der Waals surface area (Å²) in [6.07, 6.45) is 6.14. The van der Waals surface area contributed by atoms with Crippen molar-refractivity contribution >= 4 is 27.4 Å². The summed E-state index contributed by atoms with van der Waals surface area (Å²) in [4.78, 5) is 9.72. The van der Waals surface area contributed by atoms with Crippen molar-refractivity contribution in [1.29, 1.82) is 5.26 Å². The predicted octanol–water partition coefficient (Wildman–Crippen LogP) is 6.29. The maximum Gasteiger partial charge on any atom is 0.185 e. The van der Waals surface area contributed by atoms with Crippen molar-refractivity contribution in [3.05, 3.63) is 81.8 Å². The molecule has 0 unspecified atom stereocenters. The number of fused-ring (bicyclic) bond motifs is 1. The van der Waals surface area contributed by atoms with Gasteiger partial charge >= 0.3 is 0 Å². The molecule has 1 saturated heterocycles. The molecule has 1 fully saturated rings. The van der Waals surface area contributed by atoms with E-state index in [0.717, 1.165) is 58.7 Å². The largest absolute Gasteiger partial charge is 0.348 e. The number of anilines is 1. The van der Waals surface area contributed by atoms with Gasteiger partial charge in [0.05, 0.1) is 18.2 Å². The zero-order valence-electron chi connectivity index (χ0n) is 17.4. The van der Waals surface area contributed by atoms with E-state index in [1.807, 2.05) is 35.8 Å². The van der Waals surface area contributed by atoms with Gasteiger partial charge < -0.3 is 9.47 Å². The number of piperidine rings is 1. The lowest BCUT2D eigenvalue weighted by atomic mass is 10.0. The first-order valence-corrected chi connectivity index (χ1v) is 11.4. The Bertz CT molecular complexity index is 1330. The van der Waals surface area contributed by atoms with Crippen molar-refractivity contribution in [1.82, 2.24) is 9.55 Å². The smallest absolute Gasteiger partial charge is 0.185 e. The van der Waals surface area contributed by atoms with Crippen LogP contribution in [0.5, 0.6) is 0 Å². The lowest BCUT2D eigenvalue weighted by Gasteiger charge is -2.33. The summed E-state index contributed by atoms with van der Waals surface area (Å²) in [6.45, 7) is 2.27. The van der Waals surface area contributed by atoms with Crippen LogP contribution in [-0.4, -0.2) is 22.6 Å². The van der Waals surface area contributed by atoms with Gasteiger partial charge in [0.25, 0.3) is 0 Å². The standard InChI is InChI=1S/C24H21N7S/c25-14-17-2-1-3-19(12-17)22-16-31(23-13-18(15-28-29-26)4-5-21(22)23)20-6-9-30(10-7-20)24-27-8-11-32-24/h1-5,8,11-13,16,20H,6-7,9-10,15H2. The van der Waals surface area contributed by atoms with Crippen LogP contribution in [0.2, 0.25) is 0 Å². The Labute approximate surface area is 189 Å². The monoisotopic (exact) mass is 439 g/mol. The van der Waals surface area contributed by atoms with E-state index in [2.05, 4.69) is 54.9 Å². The molecule has 158 valence electrons. The SMILES string of the molecule is N#Cc1cccc(-c2cn(C3CCN(c4nccs4)CC3)c3cc(CN=[N+]=[N-])ccc23)c1. The molecule has 0 bridgehead atoms. The minimum absolute atomic E-state index is 0.333. The molecule has 0 radical (unpaired) electrons.